The third-order valence-electron chi connectivity index (χ3n) is 1.74. The molecule has 0 amide bonds. The van der Waals surface area contributed by atoms with Gasteiger partial charge in [-0.3, -0.25) is 0 Å². The van der Waals surface area contributed by atoms with Gasteiger partial charge in [-0.15, -0.1) is 0 Å². The monoisotopic (exact) mass is 286 g/mol. The van der Waals surface area contributed by atoms with Crippen molar-refractivity contribution >= 4 is 23.9 Å². The molecule has 0 spiro atoms. The van der Waals surface area contributed by atoms with Gasteiger partial charge in [0.2, 0.25) is 0 Å². The van der Waals surface area contributed by atoms with Gasteiger partial charge in [0.05, 0.1) is 13.2 Å². The number of rotatable bonds is 8. The van der Waals surface area contributed by atoms with Gasteiger partial charge >= 0.3 is 23.9 Å². The fourth-order valence-corrected chi connectivity index (χ4v) is 0.872. The molecule has 0 saturated carbocycles. The number of carboxylic acids is 2. The molecule has 0 aromatic rings. The van der Waals surface area contributed by atoms with E-state index in [4.69, 9.17) is 19.7 Å². The first-order chi connectivity index (χ1) is 9.31. The number of hydrogen-bond donors (Lipinski definition) is 2. The first-order valence-electron chi connectivity index (χ1n) is 5.46. The molecule has 0 aliphatic carbocycles. The first-order valence-corrected chi connectivity index (χ1v) is 5.46. The molecule has 2 N–H and O–H groups in total. The van der Waals surface area contributed by atoms with Crippen LogP contribution in [0.4, 0.5) is 0 Å². The smallest absolute Gasteiger partial charge is 0.331 e. The summed E-state index contributed by atoms with van der Waals surface area (Å²) < 4.78 is 9.38. The fourth-order valence-electron chi connectivity index (χ4n) is 0.872. The molecule has 0 radical (unpaired) electrons. The Bertz CT molecular complexity index is 395. The fraction of sp³-hybridized carbons (Fsp3) is 0.333. The summed E-state index contributed by atoms with van der Waals surface area (Å²) in [6.07, 6.45) is 2.81. The Morgan fingerprint density at radius 1 is 0.850 bits per heavy atom. The van der Waals surface area contributed by atoms with Crippen LogP contribution in [-0.2, 0) is 28.7 Å². The van der Waals surface area contributed by atoms with Crippen LogP contribution in [0.3, 0.4) is 0 Å². The van der Waals surface area contributed by atoms with Crippen molar-refractivity contribution in [3.63, 3.8) is 0 Å². The van der Waals surface area contributed by atoms with Crippen LogP contribution < -0.4 is 0 Å². The molecule has 0 bridgehead atoms. The lowest BCUT2D eigenvalue weighted by molar-refractivity contribution is -0.143. The van der Waals surface area contributed by atoms with Crippen molar-refractivity contribution in [2.75, 3.05) is 13.2 Å². The molecule has 20 heavy (non-hydrogen) atoms. The number of carboxylic acid groups (broad SMARTS) is 2. The number of carbonyl (C=O) groups is 4. The Hall–Kier alpha value is -2.64. The predicted octanol–water partition coefficient (Wildman–Crippen LogP) is -0.00950. The Morgan fingerprint density at radius 2 is 1.20 bits per heavy atom. The summed E-state index contributed by atoms with van der Waals surface area (Å²) in [5, 5.41) is 16.5. The van der Waals surface area contributed by atoms with Crippen LogP contribution in [0, 0.1) is 5.92 Å². The van der Waals surface area contributed by atoms with E-state index in [9.17, 15) is 19.2 Å². The van der Waals surface area contributed by atoms with Crippen LogP contribution in [0.2, 0.25) is 0 Å². The van der Waals surface area contributed by atoms with E-state index >= 15 is 0 Å². The molecule has 8 nitrogen and oxygen atoms in total. The van der Waals surface area contributed by atoms with Crippen LogP contribution in [-0.4, -0.2) is 47.3 Å². The lowest BCUT2D eigenvalue weighted by Crippen LogP contribution is -2.17. The SMILES string of the molecule is CC(COC(=O)/C=C\C(=O)O)COC(=O)/C=C\C(=O)O. The average molecular weight is 286 g/mol. The normalized spacial score (nSPS) is 10.9. The van der Waals surface area contributed by atoms with Crippen molar-refractivity contribution in [1.82, 2.24) is 0 Å². The van der Waals surface area contributed by atoms with Crippen LogP contribution in [0.5, 0.6) is 0 Å². The minimum absolute atomic E-state index is 0.0707. The van der Waals surface area contributed by atoms with Crippen LogP contribution in [0.1, 0.15) is 6.92 Å². The molecule has 0 unspecified atom stereocenters. The Kier molecular flexibility index (Phi) is 8.08. The third-order valence-corrected chi connectivity index (χ3v) is 1.74. The van der Waals surface area contributed by atoms with Gasteiger partial charge in [0.1, 0.15) is 0 Å². The molecular weight excluding hydrogens is 272 g/mol. The van der Waals surface area contributed by atoms with Crippen molar-refractivity contribution in [3.05, 3.63) is 24.3 Å². The minimum atomic E-state index is -1.27. The largest absolute Gasteiger partial charge is 0.478 e. The second kappa shape index (κ2) is 9.31. The Morgan fingerprint density at radius 3 is 1.50 bits per heavy atom. The molecule has 0 heterocycles. The topological polar surface area (TPSA) is 127 Å². The molecule has 0 atom stereocenters. The predicted molar refractivity (Wildman–Crippen MR) is 64.6 cm³/mol. The lowest BCUT2D eigenvalue weighted by Gasteiger charge is -2.10. The third kappa shape index (κ3) is 10.5. The number of carbonyl (C=O) groups excluding carboxylic acids is 2. The van der Waals surface area contributed by atoms with Crippen molar-refractivity contribution in [3.8, 4) is 0 Å². The zero-order valence-electron chi connectivity index (χ0n) is 10.6. The Labute approximate surface area is 114 Å². The van der Waals surface area contributed by atoms with E-state index < -0.39 is 23.9 Å². The van der Waals surface area contributed by atoms with E-state index in [1.165, 1.54) is 0 Å². The van der Waals surface area contributed by atoms with E-state index in [1.54, 1.807) is 6.92 Å². The van der Waals surface area contributed by atoms with Crippen molar-refractivity contribution in [1.29, 1.82) is 0 Å². The van der Waals surface area contributed by atoms with Gasteiger partial charge in [-0.05, 0) is 0 Å². The molecule has 0 aliphatic rings. The summed E-state index contributed by atoms with van der Waals surface area (Å²) >= 11 is 0. The molecule has 0 fully saturated rings. The van der Waals surface area contributed by atoms with E-state index in [2.05, 4.69) is 0 Å². The molecule has 0 aromatic heterocycles. The highest BCUT2D eigenvalue weighted by atomic mass is 16.5. The highest BCUT2D eigenvalue weighted by Crippen LogP contribution is 1.99. The van der Waals surface area contributed by atoms with Crippen LogP contribution in [0.15, 0.2) is 24.3 Å². The van der Waals surface area contributed by atoms with Gasteiger partial charge in [0.25, 0.3) is 0 Å². The summed E-state index contributed by atoms with van der Waals surface area (Å²) in [6.45, 7) is 1.49. The molecule has 0 aliphatic heterocycles. The number of ether oxygens (including phenoxy) is 2. The lowest BCUT2D eigenvalue weighted by atomic mass is 10.2. The van der Waals surface area contributed by atoms with Gasteiger partial charge in [-0.1, -0.05) is 6.92 Å². The van der Waals surface area contributed by atoms with Crippen LogP contribution >= 0.6 is 0 Å². The second-order valence-corrected chi connectivity index (χ2v) is 3.71. The van der Waals surface area contributed by atoms with Crippen molar-refractivity contribution in [2.45, 2.75) is 6.92 Å². The first kappa shape index (κ1) is 17.4. The molecule has 0 saturated heterocycles. The quantitative estimate of drug-likeness (QED) is 0.471. The van der Waals surface area contributed by atoms with Crippen molar-refractivity contribution < 1.29 is 38.9 Å². The van der Waals surface area contributed by atoms with Gasteiger partial charge in [0, 0.05) is 30.2 Å². The number of esters is 2. The zero-order valence-corrected chi connectivity index (χ0v) is 10.6. The zero-order chi connectivity index (χ0) is 15.5. The minimum Gasteiger partial charge on any atom is -0.478 e. The van der Waals surface area contributed by atoms with E-state index in [-0.39, 0.29) is 19.1 Å². The maximum Gasteiger partial charge on any atom is 0.331 e. The second-order valence-electron chi connectivity index (χ2n) is 3.71. The number of aliphatic carboxylic acids is 2. The maximum atomic E-state index is 11.0. The highest BCUT2D eigenvalue weighted by molar-refractivity contribution is 5.91. The van der Waals surface area contributed by atoms with Crippen LogP contribution in [0.25, 0.3) is 0 Å². The van der Waals surface area contributed by atoms with E-state index in [1.807, 2.05) is 0 Å². The molecule has 0 rings (SSSR count). The van der Waals surface area contributed by atoms with E-state index in [0.717, 1.165) is 12.2 Å². The van der Waals surface area contributed by atoms with E-state index in [0.29, 0.717) is 12.2 Å². The number of hydrogen-bond acceptors (Lipinski definition) is 6. The van der Waals surface area contributed by atoms with Crippen molar-refractivity contribution in [2.24, 2.45) is 5.92 Å². The maximum absolute atomic E-state index is 11.0. The van der Waals surface area contributed by atoms with Gasteiger partial charge in [0.15, 0.2) is 0 Å². The summed E-state index contributed by atoms with van der Waals surface area (Å²) in [6, 6.07) is 0. The summed E-state index contributed by atoms with van der Waals surface area (Å²) in [7, 11) is 0. The average Bonchev–Trinajstić information content (AvgIpc) is 2.37. The Balaban J connectivity index is 3.92. The molecule has 110 valence electrons. The van der Waals surface area contributed by atoms with Gasteiger partial charge in [-0.25, -0.2) is 19.2 Å². The van der Waals surface area contributed by atoms with Gasteiger partial charge < -0.3 is 19.7 Å². The van der Waals surface area contributed by atoms with Gasteiger partial charge in [-0.2, -0.15) is 0 Å². The highest BCUT2D eigenvalue weighted by Gasteiger charge is 2.08. The standard InChI is InChI=1S/C12H14O8/c1-8(6-19-11(17)4-2-9(13)14)7-20-12(18)5-3-10(15)16/h2-5,8H,6-7H2,1H3,(H,13,14)(H,15,16)/b4-2-,5-3-. The summed E-state index contributed by atoms with van der Waals surface area (Å²) in [4.78, 5) is 42.3. The summed E-state index contributed by atoms with van der Waals surface area (Å²) in [5.74, 6) is -4.50. The summed E-state index contributed by atoms with van der Waals surface area (Å²) in [5.41, 5.74) is 0. The molecule has 8 heteroatoms. The molecular formula is C12H14O8. The molecule has 0 aromatic carbocycles.